The third-order valence-corrected chi connectivity index (χ3v) is 5.15. The number of carboxylic acid groups (broad SMARTS) is 1. The van der Waals surface area contributed by atoms with Gasteiger partial charge < -0.3 is 21.1 Å². The molecule has 13 heteroatoms. The fourth-order valence-electron chi connectivity index (χ4n) is 2.90. The molecule has 0 radical (unpaired) electrons. The van der Waals surface area contributed by atoms with Gasteiger partial charge in [-0.3, -0.25) is 9.59 Å². The minimum atomic E-state index is -1.34. The fourth-order valence-corrected chi connectivity index (χ4v) is 3.47. The van der Waals surface area contributed by atoms with Gasteiger partial charge in [0.25, 0.3) is 5.91 Å². The molecule has 34 heavy (non-hydrogen) atoms. The molecule has 0 aliphatic heterocycles. The molecule has 2 aromatic heterocycles. The number of amides is 2. The van der Waals surface area contributed by atoms with E-state index in [-0.39, 0.29) is 40.3 Å². The summed E-state index contributed by atoms with van der Waals surface area (Å²) in [6, 6.07) is 8.66. The van der Waals surface area contributed by atoms with E-state index in [2.05, 4.69) is 31.2 Å². The van der Waals surface area contributed by atoms with E-state index >= 15 is 0 Å². The van der Waals surface area contributed by atoms with Gasteiger partial charge in [0, 0.05) is 19.2 Å². The van der Waals surface area contributed by atoms with Gasteiger partial charge >= 0.3 is 5.97 Å². The minimum Gasteiger partial charge on any atom is -0.480 e. The molecule has 3 aromatic rings. The summed E-state index contributed by atoms with van der Waals surface area (Å²) in [5.74, 6) is -1.42. The highest BCUT2D eigenvalue weighted by atomic mass is 35.5. The first-order valence-corrected chi connectivity index (χ1v) is 10.9. The molecule has 11 nitrogen and oxygen atoms in total. The van der Waals surface area contributed by atoms with Crippen LogP contribution >= 0.6 is 23.2 Å². The molecule has 2 amide bonds. The highest BCUT2D eigenvalue weighted by molar-refractivity contribution is 6.39. The molecular formula is C21H21Cl2N7O4. The summed E-state index contributed by atoms with van der Waals surface area (Å²) < 4.78 is 1.20. The molecule has 0 fully saturated rings. The van der Waals surface area contributed by atoms with Gasteiger partial charge in [-0.15, -0.1) is 5.10 Å². The maximum atomic E-state index is 12.5. The molecule has 0 saturated heterocycles. The summed E-state index contributed by atoms with van der Waals surface area (Å²) in [6.45, 7) is 0.326. The number of anilines is 2. The van der Waals surface area contributed by atoms with Crippen molar-refractivity contribution in [3.8, 4) is 0 Å². The number of nitrogens with one attached hydrogen (secondary N) is 3. The van der Waals surface area contributed by atoms with Crippen LogP contribution in [0.3, 0.4) is 0 Å². The van der Waals surface area contributed by atoms with Crippen LogP contribution in [0, 0.1) is 0 Å². The number of carboxylic acids is 1. The zero-order valence-corrected chi connectivity index (χ0v) is 19.3. The van der Waals surface area contributed by atoms with E-state index in [4.69, 9.17) is 23.2 Å². The standard InChI is InChI=1S/C21H21Cl2N7O4/c22-13-5-3-6-14(23)19(13)20(32)26-15(21(33)34)11-30-12-17(28-29-30)27-18(31)8-4-10-25-16-7-1-2-9-24-16/h1-3,5-7,9,12,15H,4,8,10-11H2,(H,24,25)(H,26,32)(H,27,31)(H,33,34)/t15-/m0/s1. The first kappa shape index (κ1) is 24.9. The quantitative estimate of drug-likeness (QED) is 0.290. The molecule has 0 aliphatic rings. The number of hydrogen-bond donors (Lipinski definition) is 4. The summed E-state index contributed by atoms with van der Waals surface area (Å²) >= 11 is 12.0. The van der Waals surface area contributed by atoms with E-state index < -0.39 is 17.9 Å². The largest absolute Gasteiger partial charge is 0.480 e. The number of hydrogen-bond acceptors (Lipinski definition) is 7. The summed E-state index contributed by atoms with van der Waals surface area (Å²) in [7, 11) is 0. The van der Waals surface area contributed by atoms with Crippen LogP contribution in [0.25, 0.3) is 0 Å². The lowest BCUT2D eigenvalue weighted by atomic mass is 10.2. The maximum absolute atomic E-state index is 12.5. The van der Waals surface area contributed by atoms with Gasteiger partial charge in [-0.05, 0) is 30.7 Å². The average molecular weight is 506 g/mol. The average Bonchev–Trinajstić information content (AvgIpc) is 3.23. The second-order valence-electron chi connectivity index (χ2n) is 7.08. The second kappa shape index (κ2) is 12.0. The maximum Gasteiger partial charge on any atom is 0.328 e. The molecule has 4 N–H and O–H groups in total. The number of rotatable bonds is 11. The van der Waals surface area contributed by atoms with Crippen LogP contribution in [0.4, 0.5) is 11.6 Å². The van der Waals surface area contributed by atoms with E-state index in [1.165, 1.54) is 23.0 Å². The van der Waals surface area contributed by atoms with Crippen molar-refractivity contribution in [2.24, 2.45) is 0 Å². The number of pyridine rings is 1. The van der Waals surface area contributed by atoms with Gasteiger partial charge in [0.05, 0.1) is 28.4 Å². The van der Waals surface area contributed by atoms with Gasteiger partial charge in [-0.2, -0.15) is 0 Å². The zero-order chi connectivity index (χ0) is 24.5. The van der Waals surface area contributed by atoms with Crippen LogP contribution in [0.15, 0.2) is 48.8 Å². The van der Waals surface area contributed by atoms with Crippen molar-refractivity contribution < 1.29 is 19.5 Å². The van der Waals surface area contributed by atoms with Crippen molar-refractivity contribution >= 4 is 52.6 Å². The van der Waals surface area contributed by atoms with Crippen molar-refractivity contribution in [1.29, 1.82) is 0 Å². The Kier molecular flexibility index (Phi) is 8.77. The molecule has 0 spiro atoms. The lowest BCUT2D eigenvalue weighted by Crippen LogP contribution is -2.44. The van der Waals surface area contributed by atoms with Crippen molar-refractivity contribution in [3.05, 3.63) is 64.4 Å². The molecule has 3 rings (SSSR count). The Labute approximate surface area is 204 Å². The minimum absolute atomic E-state index is 0.0267. The van der Waals surface area contributed by atoms with Gasteiger partial charge in [0.1, 0.15) is 11.9 Å². The van der Waals surface area contributed by atoms with E-state index in [0.29, 0.717) is 13.0 Å². The van der Waals surface area contributed by atoms with Gasteiger partial charge in [0.2, 0.25) is 5.91 Å². The lowest BCUT2D eigenvalue weighted by molar-refractivity contribution is -0.139. The lowest BCUT2D eigenvalue weighted by Gasteiger charge is -2.15. The Balaban J connectivity index is 1.50. The first-order chi connectivity index (χ1) is 16.3. The highest BCUT2D eigenvalue weighted by Gasteiger charge is 2.24. The fraction of sp³-hybridized carbons (Fsp3) is 0.238. The Bertz CT molecular complexity index is 1140. The summed E-state index contributed by atoms with van der Waals surface area (Å²) in [5.41, 5.74) is -0.0267. The summed E-state index contributed by atoms with van der Waals surface area (Å²) in [6.07, 6.45) is 3.84. The molecule has 1 atom stereocenters. The third kappa shape index (κ3) is 7.15. The first-order valence-electron chi connectivity index (χ1n) is 10.2. The van der Waals surface area contributed by atoms with Crippen LogP contribution < -0.4 is 16.0 Å². The van der Waals surface area contributed by atoms with Crippen molar-refractivity contribution in [2.45, 2.75) is 25.4 Å². The summed E-state index contributed by atoms with van der Waals surface area (Å²) in [4.78, 5) is 40.4. The van der Waals surface area contributed by atoms with Crippen LogP contribution in [0.5, 0.6) is 0 Å². The van der Waals surface area contributed by atoms with Gasteiger partial charge in [0.15, 0.2) is 5.82 Å². The predicted octanol–water partition coefficient (Wildman–Crippen LogP) is 2.69. The normalized spacial score (nSPS) is 11.5. The number of aliphatic carboxylic acids is 1. The zero-order valence-electron chi connectivity index (χ0n) is 17.7. The van der Waals surface area contributed by atoms with Crippen molar-refractivity contribution in [2.75, 3.05) is 17.2 Å². The number of carbonyl (C=O) groups excluding carboxylic acids is 2. The topological polar surface area (TPSA) is 151 Å². The number of carbonyl (C=O) groups is 3. The van der Waals surface area contributed by atoms with E-state index in [1.54, 1.807) is 12.3 Å². The Morgan fingerprint density at radius 1 is 1.06 bits per heavy atom. The van der Waals surface area contributed by atoms with Crippen LogP contribution in [0.1, 0.15) is 23.2 Å². The molecule has 178 valence electrons. The molecule has 2 heterocycles. The highest BCUT2D eigenvalue weighted by Crippen LogP contribution is 2.24. The molecule has 0 bridgehead atoms. The van der Waals surface area contributed by atoms with Crippen LogP contribution in [-0.4, -0.2) is 55.5 Å². The Hall–Kier alpha value is -3.70. The summed E-state index contributed by atoms with van der Waals surface area (Å²) in [5, 5.41) is 25.4. The van der Waals surface area contributed by atoms with E-state index in [0.717, 1.165) is 5.82 Å². The van der Waals surface area contributed by atoms with E-state index in [1.807, 2.05) is 18.2 Å². The van der Waals surface area contributed by atoms with Crippen molar-refractivity contribution in [3.63, 3.8) is 0 Å². The molecular weight excluding hydrogens is 485 g/mol. The Morgan fingerprint density at radius 3 is 2.50 bits per heavy atom. The number of nitrogens with zero attached hydrogens (tertiary/aromatic N) is 4. The predicted molar refractivity (Wildman–Crippen MR) is 126 cm³/mol. The smallest absolute Gasteiger partial charge is 0.328 e. The molecule has 1 aromatic carbocycles. The second-order valence-corrected chi connectivity index (χ2v) is 7.89. The van der Waals surface area contributed by atoms with Crippen molar-refractivity contribution in [1.82, 2.24) is 25.3 Å². The van der Waals surface area contributed by atoms with Gasteiger partial charge in [-0.25, -0.2) is 14.5 Å². The molecule has 0 saturated carbocycles. The molecule has 0 unspecified atom stereocenters. The third-order valence-electron chi connectivity index (χ3n) is 4.52. The van der Waals surface area contributed by atoms with Crippen LogP contribution in [0.2, 0.25) is 10.0 Å². The number of benzene rings is 1. The molecule has 0 aliphatic carbocycles. The Morgan fingerprint density at radius 2 is 1.82 bits per heavy atom. The van der Waals surface area contributed by atoms with Gasteiger partial charge in [-0.1, -0.05) is 40.5 Å². The monoisotopic (exact) mass is 505 g/mol. The van der Waals surface area contributed by atoms with Crippen LogP contribution in [-0.2, 0) is 16.1 Å². The number of aromatic nitrogens is 4. The van der Waals surface area contributed by atoms with E-state index in [9.17, 15) is 19.5 Å². The number of halogens is 2. The SMILES string of the molecule is O=C(CCCNc1ccccn1)Nc1cn(C[C@H](NC(=O)c2c(Cl)cccc2Cl)C(=O)O)nn1.